The predicted molar refractivity (Wildman–Crippen MR) is 103 cm³/mol. The Morgan fingerprint density at radius 1 is 1.35 bits per heavy atom. The van der Waals surface area contributed by atoms with E-state index in [0.29, 0.717) is 6.04 Å². The molecule has 0 spiro atoms. The van der Waals surface area contributed by atoms with E-state index in [-0.39, 0.29) is 6.54 Å². The van der Waals surface area contributed by atoms with Crippen molar-refractivity contribution in [1.29, 1.82) is 0 Å². The first kappa shape index (κ1) is 17.4. The van der Waals surface area contributed by atoms with Gasteiger partial charge in [-0.25, -0.2) is 8.78 Å². The van der Waals surface area contributed by atoms with Gasteiger partial charge in [0.25, 0.3) is 5.66 Å². The van der Waals surface area contributed by atoms with E-state index in [1.54, 1.807) is 13.8 Å². The van der Waals surface area contributed by atoms with Gasteiger partial charge in [0.15, 0.2) is 0 Å². The molecule has 1 atom stereocenters. The van der Waals surface area contributed by atoms with Gasteiger partial charge >= 0.3 is 0 Å². The van der Waals surface area contributed by atoms with Gasteiger partial charge < -0.3 is 14.8 Å². The summed E-state index contributed by atoms with van der Waals surface area (Å²) in [5.41, 5.74) is -0.904. The van der Waals surface area contributed by atoms with Crippen LogP contribution in [0.15, 0.2) is 24.3 Å². The number of benzene rings is 1. The predicted octanol–water partition coefficient (Wildman–Crippen LogP) is 4.22. The Balaban J connectivity index is 1.89. The highest BCUT2D eigenvalue weighted by atomic mass is 127. The molecule has 1 aromatic heterocycles. The fraction of sp³-hybridized carbons (Fsp3) is 0.500. The van der Waals surface area contributed by atoms with Crippen LogP contribution in [-0.2, 0) is 6.54 Å². The number of rotatable bonds is 4. The molecule has 1 unspecified atom stereocenters. The molecule has 0 amide bonds. The van der Waals surface area contributed by atoms with E-state index in [4.69, 9.17) is 0 Å². The minimum absolute atomic E-state index is 0.322. The zero-order valence-corrected chi connectivity index (χ0v) is 16.3. The molecule has 0 radical (unpaired) electrons. The first-order valence-electron chi connectivity index (χ1n) is 7.73. The minimum Gasteiger partial charge on any atom is -0.382 e. The van der Waals surface area contributed by atoms with Gasteiger partial charge in [-0.2, -0.15) is 0 Å². The summed E-state index contributed by atoms with van der Waals surface area (Å²) in [5, 5.41) is 4.63. The molecule has 7 heteroatoms. The average Bonchev–Trinajstić information content (AvgIpc) is 2.77. The smallest absolute Gasteiger partial charge is 0.276 e. The lowest BCUT2D eigenvalue weighted by molar-refractivity contribution is 0.0846. The van der Waals surface area contributed by atoms with Crippen LogP contribution in [0.25, 0.3) is 10.9 Å². The molecule has 1 aliphatic heterocycles. The zero-order chi connectivity index (χ0) is 16.6. The molecule has 1 aliphatic rings. The van der Waals surface area contributed by atoms with Crippen LogP contribution in [0.1, 0.15) is 12.8 Å². The van der Waals surface area contributed by atoms with Crippen LogP contribution in [0.4, 0.5) is 14.5 Å². The maximum absolute atomic E-state index is 13.4. The van der Waals surface area contributed by atoms with E-state index in [0.717, 1.165) is 46.2 Å². The molecule has 0 bridgehead atoms. The number of anilines is 1. The van der Waals surface area contributed by atoms with Crippen LogP contribution in [0.3, 0.4) is 0 Å². The fourth-order valence-electron chi connectivity index (χ4n) is 3.12. The van der Waals surface area contributed by atoms with Crippen molar-refractivity contribution in [2.45, 2.75) is 31.1 Å². The number of hydrogen-bond donors (Lipinski definition) is 1. The summed E-state index contributed by atoms with van der Waals surface area (Å²) in [6.45, 7) is 1.86. The molecule has 0 aliphatic carbocycles. The molecule has 2 aromatic rings. The lowest BCUT2D eigenvalue weighted by Crippen LogP contribution is -2.36. The number of nitrogens with zero attached hydrogens (tertiary/aromatic N) is 2. The zero-order valence-electron chi connectivity index (χ0n) is 13.0. The largest absolute Gasteiger partial charge is 0.382 e. The summed E-state index contributed by atoms with van der Waals surface area (Å²) in [5.74, 6) is 0. The van der Waals surface area contributed by atoms with Crippen LogP contribution in [0, 0.1) is 3.70 Å². The molecule has 1 N–H and O–H groups in total. The third-order valence-corrected chi connectivity index (χ3v) is 5.42. The quantitative estimate of drug-likeness (QED) is 0.555. The topological polar surface area (TPSA) is 20.2 Å². The molecule has 3 rings (SSSR count). The highest BCUT2D eigenvalue weighted by Gasteiger charge is 2.25. The van der Waals surface area contributed by atoms with Crippen molar-refractivity contribution in [3.05, 3.63) is 28.0 Å². The fourth-order valence-corrected chi connectivity index (χ4v) is 4.05. The summed E-state index contributed by atoms with van der Waals surface area (Å²) in [7, 11) is 3.77. The highest BCUT2D eigenvalue weighted by Crippen LogP contribution is 2.33. The lowest BCUT2D eigenvalue weighted by atomic mass is 10.0. The maximum Gasteiger partial charge on any atom is 0.276 e. The molecule has 1 aromatic carbocycles. The van der Waals surface area contributed by atoms with Crippen molar-refractivity contribution in [3.8, 4) is 0 Å². The summed E-state index contributed by atoms with van der Waals surface area (Å²) in [6.07, 6.45) is 2.21. The van der Waals surface area contributed by atoms with Crippen molar-refractivity contribution in [2.75, 3.05) is 25.5 Å². The first-order valence-corrected chi connectivity index (χ1v) is 9.38. The summed E-state index contributed by atoms with van der Waals surface area (Å²) >= 11 is 2.13. The Kier molecular flexibility index (Phi) is 5.14. The van der Waals surface area contributed by atoms with Gasteiger partial charge in [0.1, 0.15) is 0 Å². The van der Waals surface area contributed by atoms with Gasteiger partial charge in [-0.1, -0.05) is 15.3 Å². The summed E-state index contributed by atoms with van der Waals surface area (Å²) in [4.78, 5) is 2.33. The third-order valence-electron chi connectivity index (χ3n) is 4.34. The Bertz CT molecular complexity index is 690. The SMILES string of the molecule is CN1CCC(Nc2cccc3c2cc(I)n3CC(F)(F)P)CC1. The Morgan fingerprint density at radius 3 is 2.70 bits per heavy atom. The number of alkyl halides is 2. The first-order chi connectivity index (χ1) is 10.8. The Morgan fingerprint density at radius 2 is 2.04 bits per heavy atom. The molecule has 23 heavy (non-hydrogen) atoms. The average molecular weight is 451 g/mol. The number of hydrogen-bond acceptors (Lipinski definition) is 2. The van der Waals surface area contributed by atoms with Crippen molar-refractivity contribution < 1.29 is 8.78 Å². The van der Waals surface area contributed by atoms with E-state index in [1.807, 2.05) is 24.3 Å². The second-order valence-electron chi connectivity index (χ2n) is 6.27. The van der Waals surface area contributed by atoms with E-state index >= 15 is 0 Å². The standard InChI is InChI=1S/C16H21F2IN3P/c1-21-7-5-11(6-8-21)20-13-3-2-4-14-12(13)9-15(19)22(14)10-16(17,18)23/h2-4,9,11,20H,5-8,10,23H2,1H3. The van der Waals surface area contributed by atoms with Crippen molar-refractivity contribution in [3.63, 3.8) is 0 Å². The van der Waals surface area contributed by atoms with Crippen LogP contribution >= 0.6 is 31.8 Å². The van der Waals surface area contributed by atoms with Crippen LogP contribution in [0.2, 0.25) is 0 Å². The molecule has 3 nitrogen and oxygen atoms in total. The number of fused-ring (bicyclic) bond motifs is 1. The second kappa shape index (κ2) is 6.81. The number of halogens is 3. The molecule has 1 fully saturated rings. The van der Waals surface area contributed by atoms with Crippen molar-refractivity contribution in [1.82, 2.24) is 9.47 Å². The maximum atomic E-state index is 13.4. The minimum atomic E-state index is -2.80. The number of piperidine rings is 1. The van der Waals surface area contributed by atoms with Crippen molar-refractivity contribution >= 4 is 48.4 Å². The molecule has 1 saturated heterocycles. The van der Waals surface area contributed by atoms with Gasteiger partial charge in [0.2, 0.25) is 0 Å². The van der Waals surface area contributed by atoms with E-state index in [1.165, 1.54) is 0 Å². The normalized spacial score (nSPS) is 17.8. The molecular weight excluding hydrogens is 430 g/mol. The molecule has 0 saturated carbocycles. The number of nitrogens with one attached hydrogen (secondary N) is 1. The molecule has 2 heterocycles. The molecule has 126 valence electrons. The second-order valence-corrected chi connectivity index (χ2v) is 8.22. The van der Waals surface area contributed by atoms with Gasteiger partial charge in [-0.15, -0.1) is 0 Å². The number of aromatic nitrogens is 1. The van der Waals surface area contributed by atoms with Gasteiger partial charge in [0, 0.05) is 17.1 Å². The summed E-state index contributed by atoms with van der Waals surface area (Å²) < 4.78 is 29.4. The monoisotopic (exact) mass is 451 g/mol. The van der Waals surface area contributed by atoms with E-state index in [2.05, 4.69) is 39.9 Å². The summed E-state index contributed by atoms with van der Waals surface area (Å²) in [6, 6.07) is 8.32. The van der Waals surface area contributed by atoms with Gasteiger partial charge in [0.05, 0.1) is 15.8 Å². The van der Waals surface area contributed by atoms with Crippen molar-refractivity contribution in [2.24, 2.45) is 0 Å². The van der Waals surface area contributed by atoms with Crippen LogP contribution in [0.5, 0.6) is 0 Å². The Labute approximate surface area is 151 Å². The highest BCUT2D eigenvalue weighted by molar-refractivity contribution is 14.1. The van der Waals surface area contributed by atoms with E-state index < -0.39 is 5.66 Å². The molecular formula is C16H21F2IN3P. The van der Waals surface area contributed by atoms with Crippen LogP contribution < -0.4 is 5.32 Å². The third kappa shape index (κ3) is 4.15. The van der Waals surface area contributed by atoms with Gasteiger partial charge in [-0.3, -0.25) is 0 Å². The lowest BCUT2D eigenvalue weighted by Gasteiger charge is -2.30. The Hall–Kier alpha value is -0.460. The van der Waals surface area contributed by atoms with Crippen LogP contribution in [-0.4, -0.2) is 41.3 Å². The number of likely N-dealkylation sites (tertiary alicyclic amines) is 1. The van der Waals surface area contributed by atoms with E-state index in [9.17, 15) is 8.78 Å². The van der Waals surface area contributed by atoms with Gasteiger partial charge in [-0.05, 0) is 73.8 Å².